The van der Waals surface area contributed by atoms with Crippen LogP contribution in [-0.4, -0.2) is 18.3 Å². The third-order valence-electron chi connectivity index (χ3n) is 1.79. The number of hydrogen-bond donors (Lipinski definition) is 0. The number of para-hydroxylation sites is 1. The summed E-state index contributed by atoms with van der Waals surface area (Å²) < 4.78 is 29.3. The molecule has 0 aliphatic carbocycles. The van der Waals surface area contributed by atoms with E-state index in [1.54, 1.807) is 18.2 Å². The topological polar surface area (TPSA) is 26.3 Å². The lowest BCUT2D eigenvalue weighted by molar-refractivity contribution is -0.116. The molecule has 0 aliphatic rings. The first kappa shape index (κ1) is 13.6. The van der Waals surface area contributed by atoms with Crippen molar-refractivity contribution >= 4 is 40.0 Å². The van der Waals surface area contributed by atoms with E-state index in [1.165, 1.54) is 0 Å². The summed E-state index contributed by atoms with van der Waals surface area (Å²) in [7, 11) is 0. The van der Waals surface area contributed by atoms with Gasteiger partial charge in [0.15, 0.2) is 5.78 Å². The molecule has 0 fully saturated rings. The van der Waals surface area contributed by atoms with Gasteiger partial charge >= 0.3 is 6.61 Å². The van der Waals surface area contributed by atoms with Gasteiger partial charge in [-0.05, 0) is 28.7 Å². The zero-order valence-electron chi connectivity index (χ0n) is 8.05. The van der Waals surface area contributed by atoms with Gasteiger partial charge in [-0.1, -0.05) is 12.1 Å². The number of Topliss-reactive ketones (excluding diaryl/α,β-unsaturated/α-hetero) is 1. The Balaban J connectivity index is 2.98. The van der Waals surface area contributed by atoms with Crippen molar-refractivity contribution in [1.29, 1.82) is 0 Å². The second-order valence-corrected chi connectivity index (χ2v) is 4.39. The van der Waals surface area contributed by atoms with E-state index in [2.05, 4.69) is 4.74 Å². The van der Waals surface area contributed by atoms with Gasteiger partial charge in [0.2, 0.25) is 0 Å². The number of carbonyl (C=O) groups is 1. The molecule has 0 aromatic heterocycles. The molecule has 0 amide bonds. The normalized spacial score (nSPS) is 10.6. The second kappa shape index (κ2) is 6.34. The first-order valence-corrected chi connectivity index (χ1v) is 5.95. The molecule has 88 valence electrons. The predicted octanol–water partition coefficient (Wildman–Crippen LogP) is 3.24. The fraction of sp³-hybridized carbons (Fsp3) is 0.300. The monoisotopic (exact) mass is 360 g/mol. The van der Waals surface area contributed by atoms with Gasteiger partial charge in [0.1, 0.15) is 5.75 Å². The zero-order chi connectivity index (χ0) is 12.1. The molecule has 0 radical (unpaired) electrons. The molecular weight excluding hydrogens is 352 g/mol. The van der Waals surface area contributed by atoms with E-state index >= 15 is 0 Å². The standard InChI is InChI=1S/C10H8ClF2IO2/c11-5-7(15)4-6-2-1-3-8(14)9(6)16-10(12)13/h1-3,10H,4-5H2. The van der Waals surface area contributed by atoms with Crippen LogP contribution in [0, 0.1) is 3.57 Å². The minimum atomic E-state index is -2.90. The molecule has 0 spiro atoms. The van der Waals surface area contributed by atoms with Crippen LogP contribution in [0.5, 0.6) is 5.75 Å². The van der Waals surface area contributed by atoms with Crippen molar-refractivity contribution in [3.05, 3.63) is 27.3 Å². The van der Waals surface area contributed by atoms with Crippen molar-refractivity contribution in [2.24, 2.45) is 0 Å². The minimum absolute atomic E-state index is 0.00238. The van der Waals surface area contributed by atoms with E-state index in [4.69, 9.17) is 11.6 Å². The van der Waals surface area contributed by atoms with E-state index in [1.807, 2.05) is 22.6 Å². The highest BCUT2D eigenvalue weighted by atomic mass is 127. The van der Waals surface area contributed by atoms with Crippen molar-refractivity contribution in [1.82, 2.24) is 0 Å². The van der Waals surface area contributed by atoms with Gasteiger partial charge in [-0.25, -0.2) is 0 Å². The summed E-state index contributed by atoms with van der Waals surface area (Å²) in [5.41, 5.74) is 0.429. The van der Waals surface area contributed by atoms with Gasteiger partial charge in [-0.15, -0.1) is 11.6 Å². The molecule has 0 unspecified atom stereocenters. The molecule has 16 heavy (non-hydrogen) atoms. The summed E-state index contributed by atoms with van der Waals surface area (Å²) in [6, 6.07) is 4.88. The number of hydrogen-bond acceptors (Lipinski definition) is 2. The number of carbonyl (C=O) groups excluding carboxylic acids is 1. The van der Waals surface area contributed by atoms with Crippen LogP contribution in [0.4, 0.5) is 8.78 Å². The molecule has 6 heteroatoms. The van der Waals surface area contributed by atoms with Crippen molar-refractivity contribution < 1.29 is 18.3 Å². The Morgan fingerprint density at radius 1 is 1.50 bits per heavy atom. The highest BCUT2D eigenvalue weighted by Crippen LogP contribution is 2.27. The molecule has 0 heterocycles. The minimum Gasteiger partial charge on any atom is -0.433 e. The summed E-state index contributed by atoms with van der Waals surface area (Å²) in [6.45, 7) is -2.90. The summed E-state index contributed by atoms with van der Waals surface area (Å²) in [6.07, 6.45) is 0.00238. The summed E-state index contributed by atoms with van der Waals surface area (Å²) >= 11 is 7.23. The SMILES string of the molecule is O=C(CCl)Cc1cccc(I)c1OC(F)F. The first-order chi connectivity index (χ1) is 7.54. The molecule has 0 saturated heterocycles. The highest BCUT2D eigenvalue weighted by Gasteiger charge is 2.15. The molecule has 2 nitrogen and oxygen atoms in total. The van der Waals surface area contributed by atoms with Crippen LogP contribution in [0.1, 0.15) is 5.56 Å². The van der Waals surface area contributed by atoms with E-state index < -0.39 is 6.61 Å². The van der Waals surface area contributed by atoms with Gasteiger partial charge in [-0.2, -0.15) is 8.78 Å². The molecule has 1 aromatic rings. The third-order valence-corrected chi connectivity index (χ3v) is 2.94. The zero-order valence-corrected chi connectivity index (χ0v) is 11.0. The fourth-order valence-electron chi connectivity index (χ4n) is 1.17. The van der Waals surface area contributed by atoms with Crippen LogP contribution in [0.3, 0.4) is 0 Å². The molecule has 0 atom stereocenters. The Labute approximate surface area is 110 Å². The number of rotatable bonds is 5. The van der Waals surface area contributed by atoms with Crippen LogP contribution < -0.4 is 4.74 Å². The molecule has 1 rings (SSSR count). The van der Waals surface area contributed by atoms with E-state index in [0.717, 1.165) is 0 Å². The molecule has 0 aliphatic heterocycles. The first-order valence-electron chi connectivity index (χ1n) is 4.34. The quantitative estimate of drug-likeness (QED) is 0.595. The fourth-order valence-corrected chi connectivity index (χ4v) is 1.95. The Morgan fingerprint density at radius 2 is 2.19 bits per heavy atom. The van der Waals surface area contributed by atoms with Crippen LogP contribution in [0.2, 0.25) is 0 Å². The Morgan fingerprint density at radius 3 is 2.75 bits per heavy atom. The Bertz CT molecular complexity index is 385. The number of benzene rings is 1. The Hall–Kier alpha value is -0.430. The van der Waals surface area contributed by atoms with E-state index in [9.17, 15) is 13.6 Å². The molecule has 0 saturated carbocycles. The van der Waals surface area contributed by atoms with Crippen molar-refractivity contribution in [3.8, 4) is 5.75 Å². The van der Waals surface area contributed by atoms with Crippen molar-refractivity contribution in [2.75, 3.05) is 5.88 Å². The average Bonchev–Trinajstić information content (AvgIpc) is 2.22. The second-order valence-electron chi connectivity index (χ2n) is 2.96. The van der Waals surface area contributed by atoms with Crippen LogP contribution >= 0.6 is 34.2 Å². The van der Waals surface area contributed by atoms with Gasteiger partial charge in [-0.3, -0.25) is 4.79 Å². The number of alkyl halides is 3. The lowest BCUT2D eigenvalue weighted by Crippen LogP contribution is -2.10. The van der Waals surface area contributed by atoms with E-state index in [0.29, 0.717) is 9.13 Å². The third kappa shape index (κ3) is 3.86. The van der Waals surface area contributed by atoms with Crippen molar-refractivity contribution in [2.45, 2.75) is 13.0 Å². The summed E-state index contributed by atoms with van der Waals surface area (Å²) in [5.74, 6) is -0.320. The molecular formula is C10H8ClF2IO2. The van der Waals surface area contributed by atoms with Crippen LogP contribution in [0.25, 0.3) is 0 Å². The maximum Gasteiger partial charge on any atom is 0.387 e. The summed E-state index contributed by atoms with van der Waals surface area (Å²) in [4.78, 5) is 11.2. The largest absolute Gasteiger partial charge is 0.433 e. The lowest BCUT2D eigenvalue weighted by atomic mass is 10.1. The Kier molecular flexibility index (Phi) is 5.40. The number of halogens is 4. The van der Waals surface area contributed by atoms with Gasteiger partial charge in [0, 0.05) is 12.0 Å². The molecule has 0 N–H and O–H groups in total. The van der Waals surface area contributed by atoms with Crippen LogP contribution in [0.15, 0.2) is 18.2 Å². The number of ketones is 1. The molecule has 1 aromatic carbocycles. The maximum atomic E-state index is 12.2. The van der Waals surface area contributed by atoms with Gasteiger partial charge in [0.25, 0.3) is 0 Å². The predicted molar refractivity (Wildman–Crippen MR) is 65.2 cm³/mol. The van der Waals surface area contributed by atoms with Crippen molar-refractivity contribution in [3.63, 3.8) is 0 Å². The lowest BCUT2D eigenvalue weighted by Gasteiger charge is -2.11. The molecule has 0 bridgehead atoms. The smallest absolute Gasteiger partial charge is 0.387 e. The van der Waals surface area contributed by atoms with Gasteiger partial charge < -0.3 is 4.74 Å². The average molecular weight is 361 g/mol. The maximum absolute atomic E-state index is 12.2. The number of ether oxygens (including phenoxy) is 1. The van der Waals surface area contributed by atoms with Crippen LogP contribution in [-0.2, 0) is 11.2 Å². The van der Waals surface area contributed by atoms with Gasteiger partial charge in [0.05, 0.1) is 9.45 Å². The highest BCUT2D eigenvalue weighted by molar-refractivity contribution is 14.1. The van der Waals surface area contributed by atoms with E-state index in [-0.39, 0.29) is 23.8 Å². The summed E-state index contributed by atoms with van der Waals surface area (Å²) in [5, 5.41) is 0.